The average molecular weight is 708 g/mol. The summed E-state index contributed by atoms with van der Waals surface area (Å²) >= 11 is 0. The van der Waals surface area contributed by atoms with Crippen molar-refractivity contribution < 1.29 is 32.5 Å². The monoisotopic (exact) mass is 707 g/mol. The maximum atomic E-state index is 14.9. The molecule has 12 heteroatoms. The van der Waals surface area contributed by atoms with Gasteiger partial charge in [0.25, 0.3) is 5.91 Å². The first-order valence-corrected chi connectivity index (χ1v) is 17.6. The first kappa shape index (κ1) is 40.6. The van der Waals surface area contributed by atoms with E-state index < -0.39 is 11.6 Å². The lowest BCUT2D eigenvalue weighted by Gasteiger charge is -2.26. The second kappa shape index (κ2) is 20.8. The highest BCUT2D eigenvalue weighted by molar-refractivity contribution is 6.04. The van der Waals surface area contributed by atoms with Crippen LogP contribution in [0.3, 0.4) is 0 Å². The van der Waals surface area contributed by atoms with Crippen molar-refractivity contribution in [1.29, 1.82) is 0 Å². The molecule has 0 atom stereocenters. The molecule has 2 aliphatic heterocycles. The number of nitrogens with zero attached hydrogens (tertiary/aromatic N) is 4. The highest BCUT2D eigenvalue weighted by Crippen LogP contribution is 2.37. The highest BCUT2D eigenvalue weighted by Gasteiger charge is 2.33. The predicted octanol–water partition coefficient (Wildman–Crippen LogP) is 8.13. The fourth-order valence-corrected chi connectivity index (χ4v) is 5.44. The van der Waals surface area contributed by atoms with Crippen molar-refractivity contribution >= 4 is 17.4 Å². The number of methoxy groups -OCH3 is 2. The number of carbonyl (C=O) groups is 1. The number of aromatic nitrogens is 2. The normalized spacial score (nSPS) is 13.4. The number of nitrogens with one attached hydrogen (secondary N) is 1. The van der Waals surface area contributed by atoms with E-state index in [2.05, 4.69) is 20.2 Å². The molecule has 1 fully saturated rings. The summed E-state index contributed by atoms with van der Waals surface area (Å²) in [6.07, 6.45) is 1.59. The summed E-state index contributed by atoms with van der Waals surface area (Å²) in [5, 5.41) is 3.18. The Labute approximate surface area is 300 Å². The van der Waals surface area contributed by atoms with Crippen LogP contribution in [0.2, 0.25) is 0 Å². The van der Waals surface area contributed by atoms with Gasteiger partial charge in [-0.2, -0.15) is 0 Å². The lowest BCUT2D eigenvalue weighted by atomic mass is 10.1. The second-order valence-electron chi connectivity index (χ2n) is 10.6. The number of hydrogen-bond donors (Lipinski definition) is 1. The van der Waals surface area contributed by atoms with Gasteiger partial charge >= 0.3 is 0 Å². The van der Waals surface area contributed by atoms with Crippen LogP contribution in [0.1, 0.15) is 63.2 Å². The molecule has 1 saturated heterocycles. The Morgan fingerprint density at radius 3 is 2.18 bits per heavy atom. The summed E-state index contributed by atoms with van der Waals surface area (Å²) in [5.74, 6) is 0.405. The molecule has 2 aromatic carbocycles. The Bertz CT molecular complexity index is 1660. The Hall–Kier alpha value is -4.81. The van der Waals surface area contributed by atoms with Gasteiger partial charge in [0.05, 0.1) is 74.9 Å². The molecule has 1 N–H and O–H groups in total. The van der Waals surface area contributed by atoms with Crippen LogP contribution in [0, 0.1) is 11.6 Å². The smallest absolute Gasteiger partial charge is 0.258 e. The van der Waals surface area contributed by atoms with E-state index in [-0.39, 0.29) is 30.3 Å². The maximum Gasteiger partial charge on any atom is 0.258 e. The van der Waals surface area contributed by atoms with E-state index in [0.29, 0.717) is 46.6 Å². The van der Waals surface area contributed by atoms with Crippen LogP contribution in [-0.4, -0.2) is 79.3 Å². The molecule has 2 aromatic heterocycles. The van der Waals surface area contributed by atoms with E-state index in [1.54, 1.807) is 49.6 Å². The molecule has 276 valence electrons. The molecular weight excluding hydrogens is 656 g/mol. The van der Waals surface area contributed by atoms with Crippen molar-refractivity contribution in [3.8, 4) is 28.5 Å². The summed E-state index contributed by atoms with van der Waals surface area (Å²) < 4.78 is 51.8. The highest BCUT2D eigenvalue weighted by atomic mass is 19.1. The Morgan fingerprint density at radius 2 is 1.55 bits per heavy atom. The van der Waals surface area contributed by atoms with Crippen molar-refractivity contribution in [3.63, 3.8) is 0 Å². The van der Waals surface area contributed by atoms with Crippen molar-refractivity contribution in [2.24, 2.45) is 0 Å². The molecular formula is C39H51F2N5O5. The van der Waals surface area contributed by atoms with Crippen LogP contribution >= 0.6 is 0 Å². The minimum atomic E-state index is -0.755. The molecule has 6 rings (SSSR count). The lowest BCUT2D eigenvalue weighted by molar-refractivity contribution is 0.0322. The number of carbonyl (C=O) groups excluding carboxylic acids is 1. The third kappa shape index (κ3) is 10.4. The average Bonchev–Trinajstić information content (AvgIpc) is 3.49. The maximum absolute atomic E-state index is 14.9. The zero-order valence-electron chi connectivity index (χ0n) is 31.0. The van der Waals surface area contributed by atoms with Crippen LogP contribution in [0.25, 0.3) is 11.3 Å². The van der Waals surface area contributed by atoms with Gasteiger partial charge in [-0.1, -0.05) is 47.6 Å². The molecule has 1 amide bonds. The van der Waals surface area contributed by atoms with Gasteiger partial charge in [0.2, 0.25) is 0 Å². The molecule has 10 nitrogen and oxygen atoms in total. The molecule has 4 aromatic rings. The molecule has 0 bridgehead atoms. The molecule has 0 aliphatic carbocycles. The number of hydrogen-bond acceptors (Lipinski definition) is 9. The van der Waals surface area contributed by atoms with Gasteiger partial charge < -0.3 is 29.2 Å². The lowest BCUT2D eigenvalue weighted by Crippen LogP contribution is -2.38. The largest absolute Gasteiger partial charge is 0.497 e. The number of anilines is 2. The summed E-state index contributed by atoms with van der Waals surface area (Å²) in [5.41, 5.74) is 1.57. The van der Waals surface area contributed by atoms with Crippen LogP contribution < -0.4 is 19.5 Å². The van der Waals surface area contributed by atoms with Gasteiger partial charge in [0.1, 0.15) is 41.3 Å². The van der Waals surface area contributed by atoms with E-state index in [9.17, 15) is 13.6 Å². The third-order valence-electron chi connectivity index (χ3n) is 7.79. The fraction of sp³-hybridized carbons (Fsp3) is 0.410. The van der Waals surface area contributed by atoms with E-state index in [4.69, 9.17) is 18.9 Å². The molecule has 0 spiro atoms. The quantitative estimate of drug-likeness (QED) is 0.166. The number of ether oxygens (including phenoxy) is 4. The minimum absolute atomic E-state index is 0.0617. The number of fused-ring (bicyclic) bond motifs is 1. The molecule has 51 heavy (non-hydrogen) atoms. The van der Waals surface area contributed by atoms with E-state index >= 15 is 0 Å². The third-order valence-corrected chi connectivity index (χ3v) is 7.79. The zero-order valence-corrected chi connectivity index (χ0v) is 31.0. The molecule has 0 unspecified atom stereocenters. The number of rotatable bonds is 11. The molecule has 0 radical (unpaired) electrons. The summed E-state index contributed by atoms with van der Waals surface area (Å²) in [6.45, 7) is 16.8. The van der Waals surface area contributed by atoms with Gasteiger partial charge in [-0.3, -0.25) is 9.69 Å². The van der Waals surface area contributed by atoms with Gasteiger partial charge in [-0.25, -0.2) is 18.7 Å². The number of halogens is 2. The number of morpholine rings is 1. The zero-order chi connectivity index (χ0) is 37.3. The van der Waals surface area contributed by atoms with E-state index in [0.717, 1.165) is 38.4 Å². The van der Waals surface area contributed by atoms with E-state index in [1.807, 2.05) is 47.6 Å². The Kier molecular flexibility index (Phi) is 16.5. The van der Waals surface area contributed by atoms with Crippen molar-refractivity contribution in [2.75, 3.05) is 59.0 Å². The van der Waals surface area contributed by atoms with Crippen LogP contribution in [0.15, 0.2) is 60.8 Å². The SMILES string of the molecule is CC.CC.CC.COc1ccc(CN2Cc3nc(-c4c(F)cccc4F)cc(Nc4ccc(OCCN5CCOCC5)cn4)c3C2=O)c(OC)c1. The summed E-state index contributed by atoms with van der Waals surface area (Å²) in [6, 6.07) is 14.0. The Balaban J connectivity index is 0.00000111. The number of amides is 1. The molecule has 4 heterocycles. The van der Waals surface area contributed by atoms with Gasteiger partial charge in [-0.15, -0.1) is 0 Å². The Morgan fingerprint density at radius 1 is 0.863 bits per heavy atom. The molecule has 2 aliphatic rings. The van der Waals surface area contributed by atoms with Crippen molar-refractivity contribution in [1.82, 2.24) is 19.8 Å². The predicted molar refractivity (Wildman–Crippen MR) is 197 cm³/mol. The van der Waals surface area contributed by atoms with E-state index in [1.165, 1.54) is 24.3 Å². The fourth-order valence-electron chi connectivity index (χ4n) is 5.44. The second-order valence-corrected chi connectivity index (χ2v) is 10.6. The summed E-state index contributed by atoms with van der Waals surface area (Å²) in [4.78, 5) is 26.7. The number of benzene rings is 2. The van der Waals surface area contributed by atoms with Crippen LogP contribution in [0.5, 0.6) is 17.2 Å². The minimum Gasteiger partial charge on any atom is -0.497 e. The van der Waals surface area contributed by atoms with Gasteiger partial charge in [-0.05, 0) is 42.5 Å². The topological polar surface area (TPSA) is 98.3 Å². The van der Waals surface area contributed by atoms with Gasteiger partial charge in [0.15, 0.2) is 0 Å². The van der Waals surface area contributed by atoms with Gasteiger partial charge in [0, 0.05) is 31.3 Å². The first-order valence-electron chi connectivity index (χ1n) is 17.6. The molecule has 0 saturated carbocycles. The van der Waals surface area contributed by atoms with Crippen LogP contribution in [0.4, 0.5) is 20.3 Å². The summed E-state index contributed by atoms with van der Waals surface area (Å²) in [7, 11) is 3.11. The number of pyridine rings is 2. The first-order chi connectivity index (χ1) is 24.9. The van der Waals surface area contributed by atoms with Crippen molar-refractivity contribution in [3.05, 3.63) is 89.2 Å². The van der Waals surface area contributed by atoms with Crippen LogP contribution in [-0.2, 0) is 17.8 Å². The standard InChI is InChI=1S/C33H33F2N5O5.3C2H6/c1-42-22-7-6-21(29(16-22)43-2)19-40-20-28-32(33(40)41)27(17-26(37-28)31-24(34)4-3-5-25(31)35)38-30-9-8-23(18-36-30)45-15-12-39-10-13-44-14-11-39;3*1-2/h3-9,16-18H,10-15,19-20H2,1-2H3,(H,36,37,38);3*1-2H3. The van der Waals surface area contributed by atoms with Crippen molar-refractivity contribution in [2.45, 2.75) is 54.6 Å².